The molecular weight excluding hydrogens is 208 g/mol. The quantitative estimate of drug-likeness (QED) is 0.654. The van der Waals surface area contributed by atoms with Crippen molar-refractivity contribution in [3.8, 4) is 0 Å². The number of ketones is 1. The monoisotopic (exact) mass is 234 g/mol. The molecule has 0 radical (unpaired) electrons. The molecule has 17 heavy (non-hydrogen) atoms. The number of carbonyl (C=O) groups excluding carboxylic acids is 1. The molecule has 2 fully saturated rings. The van der Waals surface area contributed by atoms with Crippen molar-refractivity contribution in [2.45, 2.75) is 66.2 Å². The van der Waals surface area contributed by atoms with Crippen LogP contribution in [0.15, 0.2) is 11.6 Å². The van der Waals surface area contributed by atoms with Crippen LogP contribution in [-0.2, 0) is 4.79 Å². The van der Waals surface area contributed by atoms with E-state index >= 15 is 0 Å². The van der Waals surface area contributed by atoms with Crippen molar-refractivity contribution in [3.05, 3.63) is 11.6 Å². The van der Waals surface area contributed by atoms with Crippen molar-refractivity contribution in [3.63, 3.8) is 0 Å². The Bertz CT molecular complexity index is 351. The van der Waals surface area contributed by atoms with E-state index in [1.807, 2.05) is 6.08 Å². The second-order valence-corrected chi connectivity index (χ2v) is 6.73. The van der Waals surface area contributed by atoms with Gasteiger partial charge in [-0.1, -0.05) is 39.7 Å². The Kier molecular flexibility index (Phi) is 3.22. The van der Waals surface area contributed by atoms with Crippen LogP contribution in [0.1, 0.15) is 66.2 Å². The molecule has 96 valence electrons. The third kappa shape index (κ3) is 1.88. The Balaban J connectivity index is 2.15. The zero-order chi connectivity index (χ0) is 12.7. The minimum absolute atomic E-state index is 0.291. The van der Waals surface area contributed by atoms with E-state index in [2.05, 4.69) is 27.7 Å². The summed E-state index contributed by atoms with van der Waals surface area (Å²) in [6.07, 6.45) is 8.67. The van der Waals surface area contributed by atoms with Gasteiger partial charge in [-0.15, -0.1) is 0 Å². The topological polar surface area (TPSA) is 17.1 Å². The molecule has 0 aromatic rings. The molecule has 0 N–H and O–H groups in total. The molecule has 0 aliphatic heterocycles. The lowest BCUT2D eigenvalue weighted by Crippen LogP contribution is -2.28. The molecule has 2 atom stereocenters. The van der Waals surface area contributed by atoms with Gasteiger partial charge in [0.15, 0.2) is 5.78 Å². The third-order valence-electron chi connectivity index (χ3n) is 5.72. The molecular formula is C16H26O. The van der Waals surface area contributed by atoms with Crippen LogP contribution >= 0.6 is 0 Å². The lowest BCUT2D eigenvalue weighted by molar-refractivity contribution is -0.114. The first-order chi connectivity index (χ1) is 7.91. The van der Waals surface area contributed by atoms with Crippen LogP contribution in [0.4, 0.5) is 0 Å². The van der Waals surface area contributed by atoms with Gasteiger partial charge in [0.05, 0.1) is 0 Å². The summed E-state index contributed by atoms with van der Waals surface area (Å²) in [5.74, 6) is 1.16. The van der Waals surface area contributed by atoms with Gasteiger partial charge in [-0.05, 0) is 48.5 Å². The maximum atomic E-state index is 11.9. The van der Waals surface area contributed by atoms with Gasteiger partial charge in [0.2, 0.25) is 0 Å². The minimum Gasteiger partial charge on any atom is -0.295 e. The summed E-state index contributed by atoms with van der Waals surface area (Å²) >= 11 is 0. The third-order valence-corrected chi connectivity index (χ3v) is 5.72. The Morgan fingerprint density at radius 1 is 1.41 bits per heavy atom. The highest BCUT2D eigenvalue weighted by Gasteiger charge is 2.58. The molecule has 2 bridgehead atoms. The van der Waals surface area contributed by atoms with Gasteiger partial charge in [-0.25, -0.2) is 0 Å². The number of fused-ring (bicyclic) bond motifs is 2. The average molecular weight is 234 g/mol. The molecule has 0 amide bonds. The number of hydrogen-bond donors (Lipinski definition) is 0. The largest absolute Gasteiger partial charge is 0.295 e. The molecule has 2 aliphatic carbocycles. The fourth-order valence-electron chi connectivity index (χ4n) is 3.85. The second-order valence-electron chi connectivity index (χ2n) is 6.73. The zero-order valence-corrected chi connectivity index (χ0v) is 11.8. The van der Waals surface area contributed by atoms with Gasteiger partial charge >= 0.3 is 0 Å². The molecule has 1 heteroatoms. The summed E-state index contributed by atoms with van der Waals surface area (Å²) in [7, 11) is 0. The zero-order valence-electron chi connectivity index (χ0n) is 11.8. The van der Waals surface area contributed by atoms with Crippen molar-refractivity contribution in [2.75, 3.05) is 0 Å². The molecule has 0 spiro atoms. The van der Waals surface area contributed by atoms with E-state index < -0.39 is 0 Å². The summed E-state index contributed by atoms with van der Waals surface area (Å²) in [5.41, 5.74) is 2.13. The average Bonchev–Trinajstić information content (AvgIpc) is 2.59. The highest BCUT2D eigenvalue weighted by molar-refractivity contribution is 5.90. The Morgan fingerprint density at radius 3 is 2.59 bits per heavy atom. The van der Waals surface area contributed by atoms with Crippen LogP contribution in [-0.4, -0.2) is 5.78 Å². The first kappa shape index (κ1) is 12.9. The summed E-state index contributed by atoms with van der Waals surface area (Å²) in [6, 6.07) is 0. The van der Waals surface area contributed by atoms with E-state index in [1.54, 1.807) is 0 Å². The number of rotatable bonds is 4. The van der Waals surface area contributed by atoms with Crippen molar-refractivity contribution >= 4 is 5.78 Å². The van der Waals surface area contributed by atoms with Crippen LogP contribution in [0.25, 0.3) is 0 Å². The van der Waals surface area contributed by atoms with E-state index in [0.29, 0.717) is 16.6 Å². The van der Waals surface area contributed by atoms with Gasteiger partial charge in [0.1, 0.15) is 0 Å². The van der Waals surface area contributed by atoms with Crippen LogP contribution in [0.2, 0.25) is 0 Å². The second kappa shape index (κ2) is 4.26. The summed E-state index contributed by atoms with van der Waals surface area (Å²) in [6.45, 7) is 9.30. The van der Waals surface area contributed by atoms with Crippen LogP contribution in [0.3, 0.4) is 0 Å². The van der Waals surface area contributed by atoms with Gasteiger partial charge in [-0.3, -0.25) is 4.79 Å². The number of unbranched alkanes of at least 4 members (excludes halogenated alkanes) is 1. The summed E-state index contributed by atoms with van der Waals surface area (Å²) in [4.78, 5) is 11.9. The van der Waals surface area contributed by atoms with Gasteiger partial charge < -0.3 is 0 Å². The van der Waals surface area contributed by atoms with Crippen molar-refractivity contribution in [2.24, 2.45) is 16.7 Å². The molecule has 2 aliphatic rings. The molecule has 2 saturated carbocycles. The first-order valence-electron chi connectivity index (χ1n) is 7.15. The normalized spacial score (nSPS) is 36.7. The molecule has 0 unspecified atom stereocenters. The Morgan fingerprint density at radius 2 is 2.12 bits per heavy atom. The van der Waals surface area contributed by atoms with Gasteiger partial charge in [-0.2, -0.15) is 0 Å². The van der Waals surface area contributed by atoms with E-state index in [4.69, 9.17) is 0 Å². The van der Waals surface area contributed by atoms with Crippen LogP contribution in [0.5, 0.6) is 0 Å². The molecule has 2 rings (SSSR count). The van der Waals surface area contributed by atoms with Gasteiger partial charge in [0, 0.05) is 6.42 Å². The van der Waals surface area contributed by atoms with Crippen LogP contribution in [0, 0.1) is 16.7 Å². The maximum Gasteiger partial charge on any atom is 0.155 e. The van der Waals surface area contributed by atoms with Crippen molar-refractivity contribution in [1.29, 1.82) is 0 Å². The highest BCUT2D eigenvalue weighted by Crippen LogP contribution is 2.67. The lowest BCUT2D eigenvalue weighted by atomic mass is 9.69. The number of allylic oxidation sites excluding steroid dienone is 2. The van der Waals surface area contributed by atoms with E-state index in [1.165, 1.54) is 24.8 Å². The Labute approximate surface area is 106 Å². The fourth-order valence-corrected chi connectivity index (χ4v) is 3.85. The predicted octanol–water partition coefficient (Wildman–Crippen LogP) is 4.52. The standard InChI is InChI=1S/C16H26O/c1-5-6-7-14(17)11-13-10-12-8-9-16(13,4)15(12,2)3/h11-12H,5-10H2,1-4H3/b13-11+/t12-,16+/m1/s1. The van der Waals surface area contributed by atoms with Crippen LogP contribution < -0.4 is 0 Å². The van der Waals surface area contributed by atoms with Crippen molar-refractivity contribution in [1.82, 2.24) is 0 Å². The van der Waals surface area contributed by atoms with Crippen molar-refractivity contribution < 1.29 is 4.79 Å². The summed E-state index contributed by atoms with van der Waals surface area (Å²) < 4.78 is 0. The maximum absolute atomic E-state index is 11.9. The summed E-state index contributed by atoms with van der Waals surface area (Å²) in [5, 5.41) is 0. The molecule has 0 aromatic heterocycles. The minimum atomic E-state index is 0.291. The smallest absolute Gasteiger partial charge is 0.155 e. The van der Waals surface area contributed by atoms with E-state index in [0.717, 1.165) is 25.2 Å². The lowest BCUT2D eigenvalue weighted by Gasteiger charge is -2.35. The van der Waals surface area contributed by atoms with E-state index in [-0.39, 0.29) is 0 Å². The Hall–Kier alpha value is -0.590. The molecule has 0 aromatic carbocycles. The number of hydrogen-bond acceptors (Lipinski definition) is 1. The highest BCUT2D eigenvalue weighted by atomic mass is 16.1. The van der Waals surface area contributed by atoms with Gasteiger partial charge in [0.25, 0.3) is 0 Å². The molecule has 0 heterocycles. The number of carbonyl (C=O) groups is 1. The molecule has 1 nitrogen and oxygen atoms in total. The molecule has 0 saturated heterocycles. The fraction of sp³-hybridized carbons (Fsp3) is 0.812. The first-order valence-corrected chi connectivity index (χ1v) is 7.15. The SMILES string of the molecule is CCCCC(=O)/C=C1\C[C@H]2CC[C@]1(C)C2(C)C. The van der Waals surface area contributed by atoms with E-state index in [9.17, 15) is 4.79 Å². The predicted molar refractivity (Wildman–Crippen MR) is 71.8 cm³/mol.